The molecule has 0 unspecified atom stereocenters. The summed E-state index contributed by atoms with van der Waals surface area (Å²) in [7, 11) is 0. The van der Waals surface area contributed by atoms with Crippen LogP contribution in [0.1, 0.15) is 27.2 Å². The number of rotatable bonds is 5. The number of amides is 1. The Kier molecular flexibility index (Phi) is 4.53. The lowest BCUT2D eigenvalue weighted by atomic mass is 10.1. The predicted molar refractivity (Wildman–Crippen MR) is 98.0 cm³/mol. The Morgan fingerprint density at radius 1 is 1.20 bits per heavy atom. The first-order chi connectivity index (χ1) is 12.1. The quantitative estimate of drug-likeness (QED) is 0.667. The number of carbonyl (C=O) groups excluding carboxylic acids is 1. The zero-order valence-corrected chi connectivity index (χ0v) is 13.8. The highest BCUT2D eigenvalue weighted by molar-refractivity contribution is 5.96. The molecule has 0 aliphatic rings. The molecule has 0 saturated heterocycles. The van der Waals surface area contributed by atoms with Gasteiger partial charge in [0.25, 0.3) is 5.91 Å². The van der Waals surface area contributed by atoms with Gasteiger partial charge < -0.3 is 16.0 Å². The lowest BCUT2D eigenvalue weighted by Gasteiger charge is -2.11. The Hall–Kier alpha value is -3.52. The second-order valence-electron chi connectivity index (χ2n) is 5.79. The standard InChI is InChI=1S/C20H18N4O/c1-13-17(20(22)25)10-19(24-13)16-4-2-3-5-18(16)23-12-15-8-6-14(11-21)7-9-15/h2-10,23-24H,12H2,1H3,(H2,22,25). The summed E-state index contributed by atoms with van der Waals surface area (Å²) in [6.45, 7) is 2.46. The summed E-state index contributed by atoms with van der Waals surface area (Å²) < 4.78 is 0. The molecule has 5 nitrogen and oxygen atoms in total. The van der Waals surface area contributed by atoms with E-state index in [-0.39, 0.29) is 0 Å². The van der Waals surface area contributed by atoms with Crippen molar-refractivity contribution in [3.05, 3.63) is 77.0 Å². The van der Waals surface area contributed by atoms with Crippen LogP contribution in [0.5, 0.6) is 0 Å². The zero-order valence-electron chi connectivity index (χ0n) is 13.8. The Labute approximate surface area is 146 Å². The van der Waals surface area contributed by atoms with E-state index in [1.165, 1.54) is 0 Å². The van der Waals surface area contributed by atoms with Gasteiger partial charge in [0, 0.05) is 29.2 Å². The van der Waals surface area contributed by atoms with Crippen molar-refractivity contribution in [3.8, 4) is 17.3 Å². The van der Waals surface area contributed by atoms with Gasteiger partial charge in [-0.2, -0.15) is 5.26 Å². The number of nitriles is 1. The maximum Gasteiger partial charge on any atom is 0.250 e. The van der Waals surface area contributed by atoms with Crippen LogP contribution in [0.3, 0.4) is 0 Å². The van der Waals surface area contributed by atoms with Gasteiger partial charge in [-0.05, 0) is 36.8 Å². The molecule has 25 heavy (non-hydrogen) atoms. The fourth-order valence-corrected chi connectivity index (χ4v) is 2.73. The molecule has 0 atom stereocenters. The van der Waals surface area contributed by atoms with Crippen LogP contribution >= 0.6 is 0 Å². The molecular formula is C20H18N4O. The van der Waals surface area contributed by atoms with Gasteiger partial charge >= 0.3 is 0 Å². The fraction of sp³-hybridized carbons (Fsp3) is 0.100. The lowest BCUT2D eigenvalue weighted by molar-refractivity contribution is 0.1000. The van der Waals surface area contributed by atoms with Crippen LogP contribution in [-0.2, 0) is 6.54 Å². The van der Waals surface area contributed by atoms with E-state index in [2.05, 4.69) is 16.4 Å². The highest BCUT2D eigenvalue weighted by Crippen LogP contribution is 2.29. The Morgan fingerprint density at radius 3 is 2.56 bits per heavy atom. The van der Waals surface area contributed by atoms with Crippen molar-refractivity contribution in [2.24, 2.45) is 5.73 Å². The number of anilines is 1. The molecule has 124 valence electrons. The molecule has 0 saturated carbocycles. The number of benzene rings is 2. The normalized spacial score (nSPS) is 10.2. The first-order valence-electron chi connectivity index (χ1n) is 7.90. The minimum atomic E-state index is -0.442. The van der Waals surface area contributed by atoms with E-state index in [0.717, 1.165) is 28.2 Å². The van der Waals surface area contributed by atoms with Crippen molar-refractivity contribution >= 4 is 11.6 Å². The second kappa shape index (κ2) is 6.93. The number of hydrogen-bond acceptors (Lipinski definition) is 3. The fourth-order valence-electron chi connectivity index (χ4n) is 2.73. The second-order valence-corrected chi connectivity index (χ2v) is 5.79. The average Bonchev–Trinajstić information content (AvgIpc) is 3.02. The van der Waals surface area contributed by atoms with Crippen molar-refractivity contribution in [2.45, 2.75) is 13.5 Å². The van der Waals surface area contributed by atoms with Crippen LogP contribution in [0.15, 0.2) is 54.6 Å². The van der Waals surface area contributed by atoms with E-state index in [4.69, 9.17) is 11.0 Å². The molecule has 5 heteroatoms. The third-order valence-corrected chi connectivity index (χ3v) is 4.06. The number of nitrogens with zero attached hydrogens (tertiary/aromatic N) is 1. The zero-order chi connectivity index (χ0) is 17.8. The first kappa shape index (κ1) is 16.3. The van der Waals surface area contributed by atoms with Crippen LogP contribution in [0.2, 0.25) is 0 Å². The molecule has 0 aliphatic carbocycles. The molecule has 0 aliphatic heterocycles. The number of H-pyrrole nitrogens is 1. The summed E-state index contributed by atoms with van der Waals surface area (Å²) in [5.74, 6) is -0.442. The molecule has 0 fully saturated rings. The number of nitrogens with two attached hydrogens (primary N) is 1. The molecule has 1 heterocycles. The largest absolute Gasteiger partial charge is 0.380 e. The van der Waals surface area contributed by atoms with E-state index in [0.29, 0.717) is 17.7 Å². The summed E-state index contributed by atoms with van der Waals surface area (Å²) in [4.78, 5) is 14.7. The third-order valence-electron chi connectivity index (χ3n) is 4.06. The van der Waals surface area contributed by atoms with Gasteiger partial charge in [0.15, 0.2) is 0 Å². The monoisotopic (exact) mass is 330 g/mol. The number of para-hydroxylation sites is 1. The van der Waals surface area contributed by atoms with Gasteiger partial charge in [-0.15, -0.1) is 0 Å². The smallest absolute Gasteiger partial charge is 0.250 e. The molecule has 4 N–H and O–H groups in total. The van der Waals surface area contributed by atoms with Crippen molar-refractivity contribution in [1.82, 2.24) is 4.98 Å². The Balaban J connectivity index is 1.84. The minimum absolute atomic E-state index is 0.442. The van der Waals surface area contributed by atoms with Gasteiger partial charge in [0.05, 0.1) is 17.2 Å². The molecule has 3 rings (SSSR count). The van der Waals surface area contributed by atoms with E-state index in [9.17, 15) is 4.79 Å². The van der Waals surface area contributed by atoms with Crippen molar-refractivity contribution in [2.75, 3.05) is 5.32 Å². The highest BCUT2D eigenvalue weighted by atomic mass is 16.1. The third kappa shape index (κ3) is 3.54. The molecule has 0 bridgehead atoms. The summed E-state index contributed by atoms with van der Waals surface area (Å²) in [6.07, 6.45) is 0. The molecule has 0 radical (unpaired) electrons. The Morgan fingerprint density at radius 2 is 1.92 bits per heavy atom. The molecule has 3 aromatic rings. The molecule has 1 aromatic heterocycles. The molecule has 1 amide bonds. The number of aromatic amines is 1. The van der Waals surface area contributed by atoms with Crippen molar-refractivity contribution in [3.63, 3.8) is 0 Å². The summed E-state index contributed by atoms with van der Waals surface area (Å²) in [5.41, 5.74) is 11.1. The van der Waals surface area contributed by atoms with Gasteiger partial charge in [-0.25, -0.2) is 0 Å². The van der Waals surface area contributed by atoms with E-state index >= 15 is 0 Å². The maximum absolute atomic E-state index is 11.5. The van der Waals surface area contributed by atoms with Crippen LogP contribution < -0.4 is 11.1 Å². The number of carbonyl (C=O) groups is 1. The Bertz CT molecular complexity index is 949. The van der Waals surface area contributed by atoms with Crippen LogP contribution in [0.4, 0.5) is 5.69 Å². The molecule has 2 aromatic carbocycles. The van der Waals surface area contributed by atoms with E-state index in [1.54, 1.807) is 18.2 Å². The number of primary amides is 1. The minimum Gasteiger partial charge on any atom is -0.380 e. The van der Waals surface area contributed by atoms with Crippen molar-refractivity contribution < 1.29 is 4.79 Å². The summed E-state index contributed by atoms with van der Waals surface area (Å²) in [5, 5.41) is 12.3. The van der Waals surface area contributed by atoms with Gasteiger partial charge in [0.1, 0.15) is 0 Å². The van der Waals surface area contributed by atoms with Gasteiger partial charge in [-0.1, -0.05) is 30.3 Å². The van der Waals surface area contributed by atoms with Crippen molar-refractivity contribution in [1.29, 1.82) is 5.26 Å². The first-order valence-corrected chi connectivity index (χ1v) is 7.90. The van der Waals surface area contributed by atoms with Crippen LogP contribution in [0.25, 0.3) is 11.3 Å². The highest BCUT2D eigenvalue weighted by Gasteiger charge is 2.13. The van der Waals surface area contributed by atoms with Crippen LogP contribution in [0, 0.1) is 18.3 Å². The number of nitrogens with one attached hydrogen (secondary N) is 2. The SMILES string of the molecule is Cc1[nH]c(-c2ccccc2NCc2ccc(C#N)cc2)cc1C(N)=O. The topological polar surface area (TPSA) is 94.7 Å². The van der Waals surface area contributed by atoms with E-state index < -0.39 is 5.91 Å². The predicted octanol–water partition coefficient (Wildman–Crippen LogP) is 3.57. The van der Waals surface area contributed by atoms with E-state index in [1.807, 2.05) is 43.3 Å². The van der Waals surface area contributed by atoms with Gasteiger partial charge in [-0.3, -0.25) is 4.79 Å². The summed E-state index contributed by atoms with van der Waals surface area (Å²) in [6, 6.07) is 19.2. The lowest BCUT2D eigenvalue weighted by Crippen LogP contribution is -2.10. The molecule has 0 spiro atoms. The number of aryl methyl sites for hydroxylation is 1. The molecular weight excluding hydrogens is 312 g/mol. The maximum atomic E-state index is 11.5. The average molecular weight is 330 g/mol. The number of aromatic nitrogens is 1. The number of hydrogen-bond donors (Lipinski definition) is 3. The summed E-state index contributed by atoms with van der Waals surface area (Å²) >= 11 is 0. The van der Waals surface area contributed by atoms with Crippen LogP contribution in [-0.4, -0.2) is 10.9 Å². The van der Waals surface area contributed by atoms with Gasteiger partial charge in [0.2, 0.25) is 0 Å².